The number of aryl methyl sites for hydroxylation is 1. The summed E-state index contributed by atoms with van der Waals surface area (Å²) in [4.78, 5) is 30.3. The van der Waals surface area contributed by atoms with Gasteiger partial charge in [-0.05, 0) is 39.3 Å². The highest BCUT2D eigenvalue weighted by atomic mass is 16.6. The van der Waals surface area contributed by atoms with E-state index >= 15 is 0 Å². The third-order valence-corrected chi connectivity index (χ3v) is 3.73. The first kappa shape index (κ1) is 16.5. The fraction of sp³-hybridized carbons (Fsp3) is 0.588. The van der Waals surface area contributed by atoms with E-state index in [1.807, 2.05) is 39.8 Å². The second kappa shape index (κ2) is 6.46. The van der Waals surface area contributed by atoms with Crippen LogP contribution in [0.3, 0.4) is 0 Å². The SMILES string of the molecule is Cc1cccnc1CC1CN(C(=O)OC(C)(C)C)CCC1=O. The number of pyridine rings is 1. The van der Waals surface area contributed by atoms with Crippen molar-refractivity contribution < 1.29 is 14.3 Å². The van der Waals surface area contributed by atoms with Crippen molar-refractivity contribution in [2.24, 2.45) is 5.92 Å². The second-order valence-electron chi connectivity index (χ2n) is 6.81. The van der Waals surface area contributed by atoms with E-state index in [2.05, 4.69) is 4.98 Å². The first-order valence-electron chi connectivity index (χ1n) is 7.67. The van der Waals surface area contributed by atoms with Gasteiger partial charge in [-0.1, -0.05) is 6.07 Å². The van der Waals surface area contributed by atoms with Gasteiger partial charge in [0.2, 0.25) is 0 Å². The quantitative estimate of drug-likeness (QED) is 0.843. The van der Waals surface area contributed by atoms with Gasteiger partial charge >= 0.3 is 6.09 Å². The Bertz CT molecular complexity index is 563. The van der Waals surface area contributed by atoms with Crippen LogP contribution in [0.2, 0.25) is 0 Å². The molecule has 5 nitrogen and oxygen atoms in total. The van der Waals surface area contributed by atoms with Crippen LogP contribution in [-0.4, -0.2) is 40.5 Å². The lowest BCUT2D eigenvalue weighted by molar-refractivity contribution is -0.125. The van der Waals surface area contributed by atoms with E-state index in [9.17, 15) is 9.59 Å². The van der Waals surface area contributed by atoms with Gasteiger partial charge in [-0.25, -0.2) is 4.79 Å². The number of likely N-dealkylation sites (tertiary alicyclic amines) is 1. The lowest BCUT2D eigenvalue weighted by Gasteiger charge is -2.33. The van der Waals surface area contributed by atoms with E-state index < -0.39 is 5.60 Å². The van der Waals surface area contributed by atoms with Gasteiger partial charge in [0.15, 0.2) is 0 Å². The van der Waals surface area contributed by atoms with Crippen LogP contribution in [0.15, 0.2) is 18.3 Å². The summed E-state index contributed by atoms with van der Waals surface area (Å²) in [5, 5.41) is 0. The molecule has 0 spiro atoms. The van der Waals surface area contributed by atoms with Crippen LogP contribution in [0.4, 0.5) is 4.79 Å². The molecular formula is C17H24N2O3. The van der Waals surface area contributed by atoms with Gasteiger partial charge in [-0.2, -0.15) is 0 Å². The maximum atomic E-state index is 12.2. The Balaban J connectivity index is 2.04. The maximum absolute atomic E-state index is 12.2. The third kappa shape index (κ3) is 4.29. The number of ether oxygens (including phenoxy) is 1. The monoisotopic (exact) mass is 304 g/mol. The Kier molecular flexibility index (Phi) is 4.84. The molecule has 0 saturated carbocycles. The highest BCUT2D eigenvalue weighted by molar-refractivity contribution is 5.84. The molecule has 1 aliphatic rings. The van der Waals surface area contributed by atoms with Gasteiger partial charge in [-0.15, -0.1) is 0 Å². The highest BCUT2D eigenvalue weighted by Crippen LogP contribution is 2.20. The fourth-order valence-electron chi connectivity index (χ4n) is 2.54. The van der Waals surface area contributed by atoms with E-state index in [0.717, 1.165) is 11.3 Å². The van der Waals surface area contributed by atoms with Crippen LogP contribution in [0, 0.1) is 12.8 Å². The molecule has 1 aromatic rings. The Morgan fingerprint density at radius 3 is 2.82 bits per heavy atom. The highest BCUT2D eigenvalue weighted by Gasteiger charge is 2.32. The summed E-state index contributed by atoms with van der Waals surface area (Å²) in [6.45, 7) is 8.36. The number of carbonyl (C=O) groups is 2. The number of nitrogens with zero attached hydrogens (tertiary/aromatic N) is 2. The first-order chi connectivity index (χ1) is 10.3. The summed E-state index contributed by atoms with van der Waals surface area (Å²) in [5.74, 6) is -0.000250. The number of rotatable bonds is 2. The minimum atomic E-state index is -0.522. The Morgan fingerprint density at radius 2 is 2.18 bits per heavy atom. The van der Waals surface area contributed by atoms with Crippen molar-refractivity contribution in [2.75, 3.05) is 13.1 Å². The van der Waals surface area contributed by atoms with Crippen molar-refractivity contribution in [2.45, 2.75) is 46.1 Å². The Labute approximate surface area is 131 Å². The molecule has 2 rings (SSSR count). The summed E-state index contributed by atoms with van der Waals surface area (Å²) < 4.78 is 5.39. The number of piperidine rings is 1. The van der Waals surface area contributed by atoms with Crippen molar-refractivity contribution >= 4 is 11.9 Å². The molecule has 1 atom stereocenters. The van der Waals surface area contributed by atoms with Gasteiger partial charge in [-0.3, -0.25) is 9.78 Å². The average molecular weight is 304 g/mol. The van der Waals surface area contributed by atoms with Crippen molar-refractivity contribution in [1.29, 1.82) is 0 Å². The molecule has 0 radical (unpaired) electrons. The van der Waals surface area contributed by atoms with E-state index in [1.54, 1.807) is 11.1 Å². The number of hydrogen-bond donors (Lipinski definition) is 0. The minimum absolute atomic E-state index is 0.199. The molecule has 1 unspecified atom stereocenters. The number of amides is 1. The molecule has 0 bridgehead atoms. The number of hydrogen-bond acceptors (Lipinski definition) is 4. The average Bonchev–Trinajstić information content (AvgIpc) is 2.41. The largest absolute Gasteiger partial charge is 0.444 e. The van der Waals surface area contributed by atoms with Gasteiger partial charge < -0.3 is 9.64 Å². The number of ketones is 1. The summed E-state index contributed by atoms with van der Waals surface area (Å²) in [5.41, 5.74) is 1.47. The molecule has 1 aromatic heterocycles. The van der Waals surface area contributed by atoms with Gasteiger partial charge in [0.05, 0.1) is 0 Å². The number of carbonyl (C=O) groups excluding carboxylic acids is 2. The zero-order chi connectivity index (χ0) is 16.3. The normalized spacial score (nSPS) is 19.2. The van der Waals surface area contributed by atoms with Crippen LogP contribution in [0.5, 0.6) is 0 Å². The van der Waals surface area contributed by atoms with E-state index in [4.69, 9.17) is 4.74 Å². The Hall–Kier alpha value is -1.91. The summed E-state index contributed by atoms with van der Waals surface area (Å²) in [6.07, 6.45) is 2.35. The predicted molar refractivity (Wildman–Crippen MR) is 83.6 cm³/mol. The molecule has 1 aliphatic heterocycles. The zero-order valence-electron chi connectivity index (χ0n) is 13.8. The molecule has 5 heteroatoms. The summed E-state index contributed by atoms with van der Waals surface area (Å²) >= 11 is 0. The summed E-state index contributed by atoms with van der Waals surface area (Å²) in [6, 6.07) is 3.87. The van der Waals surface area contributed by atoms with Gasteiger partial charge in [0.1, 0.15) is 11.4 Å². The van der Waals surface area contributed by atoms with Crippen LogP contribution < -0.4 is 0 Å². The van der Waals surface area contributed by atoms with E-state index in [0.29, 0.717) is 25.9 Å². The van der Waals surface area contributed by atoms with Gasteiger partial charge in [0, 0.05) is 43.7 Å². The molecule has 22 heavy (non-hydrogen) atoms. The van der Waals surface area contributed by atoms with Crippen molar-refractivity contribution in [3.63, 3.8) is 0 Å². The Morgan fingerprint density at radius 1 is 1.45 bits per heavy atom. The third-order valence-electron chi connectivity index (χ3n) is 3.73. The second-order valence-corrected chi connectivity index (χ2v) is 6.81. The molecule has 0 aliphatic carbocycles. The van der Waals surface area contributed by atoms with Crippen LogP contribution in [0.25, 0.3) is 0 Å². The zero-order valence-corrected chi connectivity index (χ0v) is 13.8. The van der Waals surface area contributed by atoms with Crippen molar-refractivity contribution in [3.8, 4) is 0 Å². The predicted octanol–water partition coefficient (Wildman–Crippen LogP) is 2.76. The first-order valence-corrected chi connectivity index (χ1v) is 7.67. The van der Waals surface area contributed by atoms with Crippen LogP contribution >= 0.6 is 0 Å². The van der Waals surface area contributed by atoms with Crippen LogP contribution in [-0.2, 0) is 16.0 Å². The van der Waals surface area contributed by atoms with Crippen molar-refractivity contribution in [1.82, 2.24) is 9.88 Å². The van der Waals surface area contributed by atoms with E-state index in [1.165, 1.54) is 0 Å². The molecule has 1 saturated heterocycles. The standard InChI is InChI=1S/C17H24N2O3/c1-12-6-5-8-18-14(12)10-13-11-19(9-7-15(13)20)16(21)22-17(2,3)4/h5-6,8,13H,7,9-11H2,1-4H3. The maximum Gasteiger partial charge on any atom is 0.410 e. The number of aromatic nitrogens is 1. The molecule has 0 aromatic carbocycles. The minimum Gasteiger partial charge on any atom is -0.444 e. The molecule has 2 heterocycles. The van der Waals surface area contributed by atoms with Crippen molar-refractivity contribution in [3.05, 3.63) is 29.6 Å². The molecule has 1 amide bonds. The fourth-order valence-corrected chi connectivity index (χ4v) is 2.54. The topological polar surface area (TPSA) is 59.5 Å². The molecule has 1 fully saturated rings. The number of Topliss-reactive ketones (excluding diaryl/α,β-unsaturated/α-hetero) is 1. The van der Waals surface area contributed by atoms with E-state index in [-0.39, 0.29) is 17.8 Å². The molecule has 0 N–H and O–H groups in total. The lowest BCUT2D eigenvalue weighted by Crippen LogP contribution is -2.46. The molecular weight excluding hydrogens is 280 g/mol. The lowest BCUT2D eigenvalue weighted by atomic mass is 9.91. The van der Waals surface area contributed by atoms with Crippen LogP contribution in [0.1, 0.15) is 38.4 Å². The summed E-state index contributed by atoms with van der Waals surface area (Å²) in [7, 11) is 0. The van der Waals surface area contributed by atoms with Gasteiger partial charge in [0.25, 0.3) is 0 Å². The molecule has 120 valence electrons. The smallest absolute Gasteiger partial charge is 0.410 e.